The molecule has 1 fully saturated rings. The van der Waals surface area contributed by atoms with Gasteiger partial charge in [-0.05, 0) is 55.9 Å². The zero-order chi connectivity index (χ0) is 18.2. The van der Waals surface area contributed by atoms with Gasteiger partial charge in [-0.2, -0.15) is 0 Å². The van der Waals surface area contributed by atoms with Crippen molar-refractivity contribution in [3.8, 4) is 5.75 Å². The van der Waals surface area contributed by atoms with Gasteiger partial charge in [0, 0.05) is 24.2 Å². The van der Waals surface area contributed by atoms with Crippen molar-refractivity contribution in [2.24, 2.45) is 5.92 Å². The smallest absolute Gasteiger partial charge is 0.315 e. The average Bonchev–Trinajstić information content (AvgIpc) is 2.61. The van der Waals surface area contributed by atoms with Crippen LogP contribution in [0.2, 0.25) is 0 Å². The number of nitrogens with one attached hydrogen (secondary N) is 3. The molecule has 1 aliphatic rings. The highest BCUT2D eigenvalue weighted by molar-refractivity contribution is 5.94. The van der Waals surface area contributed by atoms with Crippen LogP contribution in [0.4, 0.5) is 4.79 Å². The van der Waals surface area contributed by atoms with Gasteiger partial charge in [-0.15, -0.1) is 0 Å². The monoisotopic (exact) mass is 347 g/mol. The maximum atomic E-state index is 12.3. The molecule has 1 aliphatic carbocycles. The van der Waals surface area contributed by atoms with Crippen molar-refractivity contribution in [2.45, 2.75) is 51.6 Å². The van der Waals surface area contributed by atoms with Crippen LogP contribution in [0.25, 0.3) is 0 Å². The summed E-state index contributed by atoms with van der Waals surface area (Å²) in [4.78, 5) is 24.1. The van der Waals surface area contributed by atoms with E-state index in [0.29, 0.717) is 18.0 Å². The second-order valence-corrected chi connectivity index (χ2v) is 7.00. The number of rotatable bonds is 6. The Morgan fingerprint density at radius 1 is 1.04 bits per heavy atom. The third-order valence-corrected chi connectivity index (χ3v) is 4.42. The second kappa shape index (κ2) is 9.30. The lowest BCUT2D eigenvalue weighted by Gasteiger charge is -2.29. The quantitative estimate of drug-likeness (QED) is 0.740. The largest absolute Gasteiger partial charge is 0.497 e. The highest BCUT2D eigenvalue weighted by Gasteiger charge is 2.23. The first-order chi connectivity index (χ1) is 12.0. The number of methoxy groups -OCH3 is 1. The summed E-state index contributed by atoms with van der Waals surface area (Å²) >= 11 is 0. The third-order valence-electron chi connectivity index (χ3n) is 4.42. The molecule has 1 aromatic carbocycles. The molecule has 25 heavy (non-hydrogen) atoms. The normalized spacial score (nSPS) is 20.0. The minimum absolute atomic E-state index is 0.0614. The molecule has 0 bridgehead atoms. The van der Waals surface area contributed by atoms with Gasteiger partial charge in [-0.25, -0.2) is 4.79 Å². The number of hydrogen-bond donors (Lipinski definition) is 3. The molecule has 0 atom stereocenters. The Morgan fingerprint density at radius 3 is 2.12 bits per heavy atom. The molecule has 1 saturated carbocycles. The maximum absolute atomic E-state index is 12.3. The fourth-order valence-corrected chi connectivity index (χ4v) is 2.93. The highest BCUT2D eigenvalue weighted by Crippen LogP contribution is 2.19. The van der Waals surface area contributed by atoms with Gasteiger partial charge in [0.2, 0.25) is 0 Å². The van der Waals surface area contributed by atoms with Crippen molar-refractivity contribution in [1.29, 1.82) is 0 Å². The topological polar surface area (TPSA) is 79.5 Å². The highest BCUT2D eigenvalue weighted by atomic mass is 16.5. The summed E-state index contributed by atoms with van der Waals surface area (Å²) in [5, 5.41) is 8.97. The van der Waals surface area contributed by atoms with E-state index in [1.807, 2.05) is 0 Å². The molecular weight excluding hydrogens is 318 g/mol. The van der Waals surface area contributed by atoms with E-state index in [1.54, 1.807) is 31.4 Å². The van der Waals surface area contributed by atoms with E-state index in [0.717, 1.165) is 31.4 Å². The predicted molar refractivity (Wildman–Crippen MR) is 97.9 cm³/mol. The van der Waals surface area contributed by atoms with Gasteiger partial charge >= 0.3 is 6.03 Å². The molecule has 3 N–H and O–H groups in total. The zero-order valence-corrected chi connectivity index (χ0v) is 15.3. The number of urea groups is 1. The molecule has 138 valence electrons. The van der Waals surface area contributed by atoms with Crippen LogP contribution in [0, 0.1) is 5.92 Å². The van der Waals surface area contributed by atoms with Gasteiger partial charge in [0.1, 0.15) is 5.75 Å². The molecule has 0 aromatic heterocycles. The Balaban J connectivity index is 1.72. The predicted octanol–water partition coefficient (Wildman–Crippen LogP) is 2.69. The van der Waals surface area contributed by atoms with E-state index in [2.05, 4.69) is 29.8 Å². The molecule has 2 rings (SSSR count). The Kier molecular flexibility index (Phi) is 7.10. The first-order valence-electron chi connectivity index (χ1n) is 8.97. The average molecular weight is 347 g/mol. The Hall–Kier alpha value is -2.24. The van der Waals surface area contributed by atoms with Crippen LogP contribution in [-0.4, -0.2) is 37.7 Å². The van der Waals surface area contributed by atoms with E-state index in [-0.39, 0.29) is 24.0 Å². The number of benzene rings is 1. The number of carbonyl (C=O) groups is 2. The van der Waals surface area contributed by atoms with Gasteiger partial charge in [0.15, 0.2) is 0 Å². The van der Waals surface area contributed by atoms with Gasteiger partial charge in [-0.3, -0.25) is 4.79 Å². The fraction of sp³-hybridized carbons (Fsp3) is 0.579. The summed E-state index contributed by atoms with van der Waals surface area (Å²) in [6.45, 7) is 4.81. The summed E-state index contributed by atoms with van der Waals surface area (Å²) in [5.74, 6) is 1.11. The molecule has 0 heterocycles. The molecule has 1 aromatic rings. The lowest BCUT2D eigenvalue weighted by molar-refractivity contribution is 0.0924. The van der Waals surface area contributed by atoms with Crippen molar-refractivity contribution in [2.75, 3.05) is 13.7 Å². The lowest BCUT2D eigenvalue weighted by atomic mass is 9.91. The summed E-state index contributed by atoms with van der Waals surface area (Å²) in [6.07, 6.45) is 3.50. The molecular formula is C19H29N3O3. The van der Waals surface area contributed by atoms with Crippen molar-refractivity contribution in [1.82, 2.24) is 16.0 Å². The van der Waals surface area contributed by atoms with E-state index in [1.165, 1.54) is 0 Å². The summed E-state index contributed by atoms with van der Waals surface area (Å²) in [5.41, 5.74) is 0.633. The molecule has 3 amide bonds. The molecule has 6 heteroatoms. The zero-order valence-electron chi connectivity index (χ0n) is 15.3. The molecule has 6 nitrogen and oxygen atoms in total. The summed E-state index contributed by atoms with van der Waals surface area (Å²) < 4.78 is 5.10. The Bertz CT molecular complexity index is 564. The van der Waals surface area contributed by atoms with Crippen molar-refractivity contribution >= 4 is 11.9 Å². The first-order valence-corrected chi connectivity index (χ1v) is 8.97. The third kappa shape index (κ3) is 6.29. The lowest BCUT2D eigenvalue weighted by Crippen LogP contribution is -2.47. The van der Waals surface area contributed by atoms with Crippen LogP contribution in [0.15, 0.2) is 24.3 Å². The molecule has 0 aliphatic heterocycles. The van der Waals surface area contributed by atoms with E-state index < -0.39 is 0 Å². The SMILES string of the molecule is COc1ccc(C(=O)NC2CCC(NC(=O)NCC(C)C)CC2)cc1. The van der Waals surface area contributed by atoms with Gasteiger partial charge in [0.05, 0.1) is 7.11 Å². The van der Waals surface area contributed by atoms with Crippen LogP contribution >= 0.6 is 0 Å². The number of ether oxygens (including phenoxy) is 1. The van der Waals surface area contributed by atoms with Crippen LogP contribution < -0.4 is 20.7 Å². The number of hydrogen-bond acceptors (Lipinski definition) is 3. The summed E-state index contributed by atoms with van der Waals surface area (Å²) in [6, 6.07) is 7.34. The van der Waals surface area contributed by atoms with E-state index in [9.17, 15) is 9.59 Å². The van der Waals surface area contributed by atoms with E-state index in [4.69, 9.17) is 4.74 Å². The minimum atomic E-state index is -0.0978. The van der Waals surface area contributed by atoms with Crippen molar-refractivity contribution < 1.29 is 14.3 Å². The molecule has 0 unspecified atom stereocenters. The van der Waals surface area contributed by atoms with Crippen LogP contribution in [-0.2, 0) is 0 Å². The number of carbonyl (C=O) groups excluding carboxylic acids is 2. The standard InChI is InChI=1S/C19H29N3O3/c1-13(2)12-20-19(24)22-16-8-6-15(7-9-16)21-18(23)14-4-10-17(25-3)11-5-14/h4-5,10-11,13,15-16H,6-9,12H2,1-3H3,(H,21,23)(H2,20,22,24). The molecule has 0 radical (unpaired) electrons. The maximum Gasteiger partial charge on any atom is 0.315 e. The minimum Gasteiger partial charge on any atom is -0.497 e. The van der Waals surface area contributed by atoms with Gasteiger partial charge in [-0.1, -0.05) is 13.8 Å². The van der Waals surface area contributed by atoms with E-state index >= 15 is 0 Å². The van der Waals surface area contributed by atoms with Crippen LogP contribution in [0.5, 0.6) is 5.75 Å². The molecule has 0 spiro atoms. The Labute approximate surface area is 149 Å². The van der Waals surface area contributed by atoms with Crippen LogP contribution in [0.1, 0.15) is 49.9 Å². The first kappa shape index (κ1) is 19.1. The van der Waals surface area contributed by atoms with Gasteiger partial charge < -0.3 is 20.7 Å². The number of amides is 3. The van der Waals surface area contributed by atoms with Gasteiger partial charge in [0.25, 0.3) is 5.91 Å². The molecule has 0 saturated heterocycles. The van der Waals surface area contributed by atoms with Crippen molar-refractivity contribution in [3.63, 3.8) is 0 Å². The summed E-state index contributed by atoms with van der Waals surface area (Å²) in [7, 11) is 1.60. The fourth-order valence-electron chi connectivity index (χ4n) is 2.93. The van der Waals surface area contributed by atoms with Crippen molar-refractivity contribution in [3.05, 3.63) is 29.8 Å². The Morgan fingerprint density at radius 2 is 1.60 bits per heavy atom. The van der Waals surface area contributed by atoms with Crippen LogP contribution in [0.3, 0.4) is 0 Å². The second-order valence-electron chi connectivity index (χ2n) is 7.00.